The average Bonchev–Trinajstić information content (AvgIpc) is 2.72. The van der Waals surface area contributed by atoms with E-state index in [0.29, 0.717) is 6.04 Å². The molecule has 1 saturated heterocycles. The molecular weight excluding hydrogens is 210 g/mol. The van der Waals surface area contributed by atoms with Crippen molar-refractivity contribution in [3.05, 3.63) is 30.1 Å². The predicted octanol–water partition coefficient (Wildman–Crippen LogP) is 1.34. The third-order valence-electron chi connectivity index (χ3n) is 2.61. The number of pyridine rings is 1. The topological polar surface area (TPSA) is 37.0 Å². The summed E-state index contributed by atoms with van der Waals surface area (Å²) in [5, 5.41) is 6.91. The Hall–Kier alpha value is -0.640. The molecule has 0 amide bonds. The van der Waals surface area contributed by atoms with Gasteiger partial charge >= 0.3 is 0 Å². The molecule has 1 aromatic heterocycles. The lowest BCUT2D eigenvalue weighted by atomic mass is 10.2. The van der Waals surface area contributed by atoms with Gasteiger partial charge in [-0.25, -0.2) is 0 Å². The molecule has 15 heavy (non-hydrogen) atoms. The number of hydrogen-bond acceptors (Lipinski definition) is 3. The fourth-order valence-corrected chi connectivity index (χ4v) is 1.82. The van der Waals surface area contributed by atoms with E-state index in [1.807, 2.05) is 18.5 Å². The van der Waals surface area contributed by atoms with Gasteiger partial charge in [-0.3, -0.25) is 4.98 Å². The second-order valence-corrected chi connectivity index (χ2v) is 3.79. The molecule has 1 aliphatic heterocycles. The minimum Gasteiger partial charge on any atom is -0.313 e. The smallest absolute Gasteiger partial charge is 0.0312 e. The highest BCUT2D eigenvalue weighted by atomic mass is 35.5. The van der Waals surface area contributed by atoms with E-state index in [1.54, 1.807) is 0 Å². The van der Waals surface area contributed by atoms with E-state index in [1.165, 1.54) is 24.9 Å². The number of aromatic nitrogens is 1. The molecule has 0 radical (unpaired) electrons. The molecule has 1 aromatic rings. The van der Waals surface area contributed by atoms with Crippen LogP contribution in [0.3, 0.4) is 0 Å². The Labute approximate surface area is 97.1 Å². The first-order valence-corrected chi connectivity index (χ1v) is 5.28. The van der Waals surface area contributed by atoms with Crippen molar-refractivity contribution < 1.29 is 0 Å². The van der Waals surface area contributed by atoms with Gasteiger partial charge in [-0.2, -0.15) is 0 Å². The Morgan fingerprint density at radius 3 is 3.13 bits per heavy atom. The first-order valence-electron chi connectivity index (χ1n) is 5.28. The highest BCUT2D eigenvalue weighted by Crippen LogP contribution is 2.03. The maximum atomic E-state index is 4.08. The Morgan fingerprint density at radius 2 is 2.47 bits per heavy atom. The van der Waals surface area contributed by atoms with Crippen molar-refractivity contribution in [3.63, 3.8) is 0 Å². The summed E-state index contributed by atoms with van der Waals surface area (Å²) in [4.78, 5) is 4.08. The Bertz CT molecular complexity index is 260. The number of nitrogens with zero attached hydrogens (tertiary/aromatic N) is 1. The van der Waals surface area contributed by atoms with Crippen molar-refractivity contribution in [1.82, 2.24) is 15.6 Å². The minimum atomic E-state index is 0. The van der Waals surface area contributed by atoms with Gasteiger partial charge in [0.15, 0.2) is 0 Å². The van der Waals surface area contributed by atoms with Crippen molar-refractivity contribution >= 4 is 12.4 Å². The molecule has 2 heterocycles. The van der Waals surface area contributed by atoms with Crippen LogP contribution in [0.15, 0.2) is 24.5 Å². The van der Waals surface area contributed by atoms with Crippen LogP contribution < -0.4 is 10.6 Å². The zero-order valence-electron chi connectivity index (χ0n) is 8.78. The monoisotopic (exact) mass is 227 g/mol. The molecule has 3 nitrogen and oxygen atoms in total. The second-order valence-electron chi connectivity index (χ2n) is 3.79. The van der Waals surface area contributed by atoms with E-state index >= 15 is 0 Å². The summed E-state index contributed by atoms with van der Waals surface area (Å²) in [6.45, 7) is 3.17. The number of hydrogen-bond donors (Lipinski definition) is 2. The summed E-state index contributed by atoms with van der Waals surface area (Å²) in [5.74, 6) is 0. The second kappa shape index (κ2) is 6.77. The van der Waals surface area contributed by atoms with Gasteiger partial charge in [0.2, 0.25) is 0 Å². The van der Waals surface area contributed by atoms with Gasteiger partial charge < -0.3 is 10.6 Å². The summed E-state index contributed by atoms with van der Waals surface area (Å²) >= 11 is 0. The van der Waals surface area contributed by atoms with E-state index in [-0.39, 0.29) is 12.4 Å². The molecule has 2 N–H and O–H groups in total. The maximum Gasteiger partial charge on any atom is 0.0312 e. The number of rotatable bonds is 4. The zero-order chi connectivity index (χ0) is 9.64. The SMILES string of the molecule is Cl.c1cncc(CNCC2CCCN2)c1. The van der Waals surface area contributed by atoms with E-state index in [9.17, 15) is 0 Å². The molecule has 0 spiro atoms. The van der Waals surface area contributed by atoms with E-state index < -0.39 is 0 Å². The minimum absolute atomic E-state index is 0. The lowest BCUT2D eigenvalue weighted by Crippen LogP contribution is -2.33. The van der Waals surface area contributed by atoms with Crippen LogP contribution in [0, 0.1) is 0 Å². The molecule has 0 aliphatic carbocycles. The van der Waals surface area contributed by atoms with E-state index in [4.69, 9.17) is 0 Å². The summed E-state index contributed by atoms with van der Waals surface area (Å²) < 4.78 is 0. The van der Waals surface area contributed by atoms with Crippen LogP contribution >= 0.6 is 12.4 Å². The van der Waals surface area contributed by atoms with Gasteiger partial charge in [-0.05, 0) is 31.0 Å². The van der Waals surface area contributed by atoms with Gasteiger partial charge in [-0.1, -0.05) is 6.07 Å². The van der Waals surface area contributed by atoms with Gasteiger partial charge in [0.1, 0.15) is 0 Å². The van der Waals surface area contributed by atoms with Crippen molar-refractivity contribution in [2.45, 2.75) is 25.4 Å². The van der Waals surface area contributed by atoms with Gasteiger partial charge in [0.05, 0.1) is 0 Å². The molecule has 2 rings (SSSR count). The largest absolute Gasteiger partial charge is 0.313 e. The van der Waals surface area contributed by atoms with Crippen molar-refractivity contribution in [3.8, 4) is 0 Å². The molecular formula is C11H18ClN3. The number of nitrogens with one attached hydrogen (secondary N) is 2. The van der Waals surface area contributed by atoms with Crippen molar-refractivity contribution in [1.29, 1.82) is 0 Å². The third-order valence-corrected chi connectivity index (χ3v) is 2.61. The highest BCUT2D eigenvalue weighted by Gasteiger charge is 2.12. The van der Waals surface area contributed by atoms with Crippen LogP contribution in [0.1, 0.15) is 18.4 Å². The quantitative estimate of drug-likeness (QED) is 0.816. The first-order chi connectivity index (χ1) is 6.95. The van der Waals surface area contributed by atoms with Gasteiger partial charge in [0, 0.05) is 31.5 Å². The molecule has 4 heteroatoms. The molecule has 1 aliphatic rings. The fraction of sp³-hybridized carbons (Fsp3) is 0.545. The first kappa shape index (κ1) is 12.4. The summed E-state index contributed by atoms with van der Waals surface area (Å²) in [5.41, 5.74) is 1.26. The summed E-state index contributed by atoms with van der Waals surface area (Å²) in [7, 11) is 0. The number of halogens is 1. The van der Waals surface area contributed by atoms with Crippen LogP contribution in [0.5, 0.6) is 0 Å². The lowest BCUT2D eigenvalue weighted by Gasteiger charge is -2.10. The van der Waals surface area contributed by atoms with Crippen LogP contribution in [0.4, 0.5) is 0 Å². The van der Waals surface area contributed by atoms with Gasteiger partial charge in [0.25, 0.3) is 0 Å². The molecule has 0 bridgehead atoms. The fourth-order valence-electron chi connectivity index (χ4n) is 1.82. The van der Waals surface area contributed by atoms with Crippen molar-refractivity contribution in [2.75, 3.05) is 13.1 Å². The normalized spacial score (nSPS) is 19.9. The molecule has 0 saturated carbocycles. The Balaban J connectivity index is 0.00000112. The zero-order valence-corrected chi connectivity index (χ0v) is 9.59. The predicted molar refractivity (Wildman–Crippen MR) is 64.2 cm³/mol. The summed E-state index contributed by atoms with van der Waals surface area (Å²) in [6, 6.07) is 4.75. The van der Waals surface area contributed by atoms with Crippen LogP contribution in [0.2, 0.25) is 0 Å². The van der Waals surface area contributed by atoms with Gasteiger partial charge in [-0.15, -0.1) is 12.4 Å². The third kappa shape index (κ3) is 4.16. The van der Waals surface area contributed by atoms with Crippen LogP contribution in [-0.4, -0.2) is 24.1 Å². The molecule has 1 atom stereocenters. The Kier molecular flexibility index (Phi) is 5.61. The molecule has 0 aromatic carbocycles. The average molecular weight is 228 g/mol. The highest BCUT2D eigenvalue weighted by molar-refractivity contribution is 5.85. The van der Waals surface area contributed by atoms with E-state index in [2.05, 4.69) is 21.7 Å². The van der Waals surface area contributed by atoms with Crippen LogP contribution in [-0.2, 0) is 6.54 Å². The Morgan fingerprint density at radius 1 is 1.53 bits per heavy atom. The molecule has 1 unspecified atom stereocenters. The van der Waals surface area contributed by atoms with E-state index in [0.717, 1.165) is 13.1 Å². The van der Waals surface area contributed by atoms with Crippen molar-refractivity contribution in [2.24, 2.45) is 0 Å². The summed E-state index contributed by atoms with van der Waals surface area (Å²) in [6.07, 6.45) is 6.34. The standard InChI is InChI=1S/C11H17N3.ClH/c1-3-10(7-12-5-1)8-13-9-11-4-2-6-14-11;/h1,3,5,7,11,13-14H,2,4,6,8-9H2;1H. The maximum absolute atomic E-state index is 4.08. The molecule has 1 fully saturated rings. The van der Waals surface area contributed by atoms with Crippen LogP contribution in [0.25, 0.3) is 0 Å². The lowest BCUT2D eigenvalue weighted by molar-refractivity contribution is 0.535. The molecule has 84 valence electrons.